The lowest BCUT2D eigenvalue weighted by Crippen LogP contribution is -1.91. The highest BCUT2D eigenvalue weighted by Gasteiger charge is 1.97. The lowest BCUT2D eigenvalue weighted by atomic mass is 10.2. The molecule has 0 N–H and O–H groups in total. The van der Waals surface area contributed by atoms with E-state index in [-0.39, 0.29) is 0 Å². The second-order valence-electron chi connectivity index (χ2n) is 1.67. The summed E-state index contributed by atoms with van der Waals surface area (Å²) in [6, 6.07) is 0. The predicted molar refractivity (Wildman–Crippen MR) is 45.5 cm³/mol. The Balaban J connectivity index is 3.21. The zero-order chi connectivity index (χ0) is 6.41. The molecule has 8 heavy (non-hydrogen) atoms. The van der Waals surface area contributed by atoms with Gasteiger partial charge in [-0.2, -0.15) is 0 Å². The molecule has 0 saturated carbocycles. The Morgan fingerprint density at radius 1 is 1.88 bits per heavy atom. The fraction of sp³-hybridized carbons (Fsp3) is 0.667. The minimum atomic E-state index is 0.545. The third kappa shape index (κ3) is 3.44. The van der Waals surface area contributed by atoms with Gasteiger partial charge in [-0.3, -0.25) is 0 Å². The lowest BCUT2D eigenvalue weighted by Gasteiger charge is -2.03. The van der Waals surface area contributed by atoms with Gasteiger partial charge in [0, 0.05) is 5.25 Å². The SMILES string of the molecule is C=CC(CCC)SS. The van der Waals surface area contributed by atoms with Crippen molar-refractivity contribution in [2.45, 2.75) is 25.0 Å². The van der Waals surface area contributed by atoms with E-state index in [0.29, 0.717) is 5.25 Å². The minimum Gasteiger partial charge on any atom is -0.111 e. The van der Waals surface area contributed by atoms with Crippen LogP contribution in [0.3, 0.4) is 0 Å². The molecular weight excluding hydrogens is 136 g/mol. The van der Waals surface area contributed by atoms with Crippen LogP contribution in [0.25, 0.3) is 0 Å². The molecule has 0 aromatic carbocycles. The Hall–Kier alpha value is 0.440. The van der Waals surface area contributed by atoms with Gasteiger partial charge in [0.25, 0.3) is 0 Å². The summed E-state index contributed by atoms with van der Waals surface area (Å²) in [6.07, 6.45) is 4.35. The maximum absolute atomic E-state index is 4.08. The largest absolute Gasteiger partial charge is 0.111 e. The van der Waals surface area contributed by atoms with Crippen LogP contribution in [0.5, 0.6) is 0 Å². The van der Waals surface area contributed by atoms with E-state index in [4.69, 9.17) is 0 Å². The average Bonchev–Trinajstić information content (AvgIpc) is 1.83. The number of rotatable bonds is 4. The number of thiol groups is 1. The van der Waals surface area contributed by atoms with Crippen molar-refractivity contribution in [1.29, 1.82) is 0 Å². The van der Waals surface area contributed by atoms with Crippen LogP contribution >= 0.6 is 22.5 Å². The van der Waals surface area contributed by atoms with Crippen LogP contribution < -0.4 is 0 Å². The van der Waals surface area contributed by atoms with Crippen molar-refractivity contribution in [3.05, 3.63) is 12.7 Å². The van der Waals surface area contributed by atoms with Crippen LogP contribution in [0.4, 0.5) is 0 Å². The van der Waals surface area contributed by atoms with E-state index in [9.17, 15) is 0 Å². The van der Waals surface area contributed by atoms with Gasteiger partial charge >= 0.3 is 0 Å². The van der Waals surface area contributed by atoms with E-state index in [2.05, 4.69) is 25.2 Å². The van der Waals surface area contributed by atoms with Gasteiger partial charge in [0.2, 0.25) is 0 Å². The summed E-state index contributed by atoms with van der Waals surface area (Å²) in [4.78, 5) is 0. The van der Waals surface area contributed by atoms with Crippen LogP contribution in [0.2, 0.25) is 0 Å². The highest BCUT2D eigenvalue weighted by atomic mass is 33.1. The molecule has 2 heteroatoms. The van der Waals surface area contributed by atoms with E-state index in [0.717, 1.165) is 0 Å². The first-order valence-electron chi connectivity index (χ1n) is 2.78. The van der Waals surface area contributed by atoms with Crippen LogP contribution in [0.1, 0.15) is 19.8 Å². The summed E-state index contributed by atoms with van der Waals surface area (Å²) >= 11 is 4.08. The van der Waals surface area contributed by atoms with Gasteiger partial charge < -0.3 is 0 Å². The topological polar surface area (TPSA) is 0 Å². The normalized spacial score (nSPS) is 13.2. The molecule has 0 aromatic heterocycles. The fourth-order valence-electron chi connectivity index (χ4n) is 0.498. The van der Waals surface area contributed by atoms with Crippen LogP contribution in [0, 0.1) is 0 Å². The van der Waals surface area contributed by atoms with Crippen molar-refractivity contribution < 1.29 is 0 Å². The summed E-state index contributed by atoms with van der Waals surface area (Å²) < 4.78 is 0. The second-order valence-corrected chi connectivity index (χ2v) is 3.12. The molecule has 0 aliphatic rings. The third-order valence-corrected chi connectivity index (χ3v) is 2.48. The van der Waals surface area contributed by atoms with Gasteiger partial charge in [0.05, 0.1) is 0 Å². The predicted octanol–water partition coefficient (Wildman–Crippen LogP) is 2.92. The van der Waals surface area contributed by atoms with Crippen molar-refractivity contribution in [2.75, 3.05) is 0 Å². The summed E-state index contributed by atoms with van der Waals surface area (Å²) in [6.45, 7) is 5.85. The van der Waals surface area contributed by atoms with Crippen LogP contribution in [-0.4, -0.2) is 5.25 Å². The quantitative estimate of drug-likeness (QED) is 0.363. The fourth-order valence-corrected chi connectivity index (χ4v) is 1.50. The first kappa shape index (κ1) is 8.44. The zero-order valence-corrected chi connectivity index (χ0v) is 6.84. The lowest BCUT2D eigenvalue weighted by molar-refractivity contribution is 0.831. The van der Waals surface area contributed by atoms with Gasteiger partial charge in [0.1, 0.15) is 0 Å². The van der Waals surface area contributed by atoms with Crippen LogP contribution in [-0.2, 0) is 0 Å². The third-order valence-electron chi connectivity index (χ3n) is 0.971. The standard InChI is InChI=1S/C6H12S2/c1-3-5-6(4-2)8-7/h4,6-7H,2-3,5H2,1H3. The number of hydrogen-bond donors (Lipinski definition) is 1. The Labute approximate surface area is 60.6 Å². The molecule has 0 aromatic rings. The minimum absolute atomic E-state index is 0.545. The number of hydrogen-bond acceptors (Lipinski definition) is 2. The Morgan fingerprint density at radius 2 is 2.50 bits per heavy atom. The monoisotopic (exact) mass is 148 g/mol. The summed E-state index contributed by atoms with van der Waals surface area (Å²) in [5, 5.41) is 0.545. The molecule has 0 aliphatic heterocycles. The molecule has 48 valence electrons. The van der Waals surface area contributed by atoms with Gasteiger partial charge in [0.15, 0.2) is 0 Å². The molecule has 0 nitrogen and oxygen atoms in total. The van der Waals surface area contributed by atoms with Gasteiger partial charge in [-0.1, -0.05) is 30.2 Å². The molecule has 0 fully saturated rings. The molecule has 0 amide bonds. The maximum Gasteiger partial charge on any atom is 0.0326 e. The van der Waals surface area contributed by atoms with Crippen molar-refractivity contribution in [3.8, 4) is 0 Å². The molecule has 1 unspecified atom stereocenters. The molecule has 1 atom stereocenters. The van der Waals surface area contributed by atoms with Gasteiger partial charge in [-0.15, -0.1) is 18.2 Å². The van der Waals surface area contributed by atoms with E-state index < -0.39 is 0 Å². The summed E-state index contributed by atoms with van der Waals surface area (Å²) in [5.41, 5.74) is 0. The van der Waals surface area contributed by atoms with Gasteiger partial charge in [-0.25, -0.2) is 0 Å². The molecule has 0 radical (unpaired) electrons. The highest BCUT2D eigenvalue weighted by Crippen LogP contribution is 2.19. The summed E-state index contributed by atoms with van der Waals surface area (Å²) in [7, 11) is 1.57. The first-order chi connectivity index (χ1) is 3.85. The maximum atomic E-state index is 4.08. The van der Waals surface area contributed by atoms with Crippen molar-refractivity contribution >= 4 is 22.5 Å². The Morgan fingerprint density at radius 3 is 2.62 bits per heavy atom. The zero-order valence-electron chi connectivity index (χ0n) is 5.13. The molecule has 0 bridgehead atoms. The van der Waals surface area contributed by atoms with E-state index in [1.807, 2.05) is 6.08 Å². The molecule has 0 saturated heterocycles. The van der Waals surface area contributed by atoms with Crippen molar-refractivity contribution in [1.82, 2.24) is 0 Å². The second kappa shape index (κ2) is 5.57. The van der Waals surface area contributed by atoms with E-state index >= 15 is 0 Å². The molecule has 0 spiro atoms. The van der Waals surface area contributed by atoms with Crippen molar-refractivity contribution in [3.63, 3.8) is 0 Å². The summed E-state index contributed by atoms with van der Waals surface area (Å²) in [5.74, 6) is 0. The van der Waals surface area contributed by atoms with Crippen LogP contribution in [0.15, 0.2) is 12.7 Å². The smallest absolute Gasteiger partial charge is 0.0326 e. The molecule has 0 rings (SSSR count). The Kier molecular flexibility index (Phi) is 5.88. The van der Waals surface area contributed by atoms with E-state index in [1.54, 1.807) is 10.8 Å². The van der Waals surface area contributed by atoms with Crippen molar-refractivity contribution in [2.24, 2.45) is 0 Å². The molecule has 0 heterocycles. The first-order valence-corrected chi connectivity index (χ1v) is 4.71. The van der Waals surface area contributed by atoms with Gasteiger partial charge in [-0.05, 0) is 6.42 Å². The average molecular weight is 148 g/mol. The Bertz CT molecular complexity index is 61.5. The molecular formula is C6H12S2. The van der Waals surface area contributed by atoms with E-state index in [1.165, 1.54) is 12.8 Å². The molecule has 0 aliphatic carbocycles. The highest BCUT2D eigenvalue weighted by molar-refractivity contribution is 8.68.